The fraction of sp³-hybridized carbons (Fsp3) is 0.541. The normalized spacial score (nSPS) is 20.8. The van der Waals surface area contributed by atoms with Crippen LogP contribution in [0.15, 0.2) is 61.6 Å². The van der Waals surface area contributed by atoms with Crippen LogP contribution in [0.5, 0.6) is 0 Å². The van der Waals surface area contributed by atoms with Crippen LogP contribution in [0.2, 0.25) is 0 Å². The molecule has 0 spiro atoms. The minimum Gasteiger partial charge on any atom is -0.330 e. The van der Waals surface area contributed by atoms with E-state index in [2.05, 4.69) is 55.8 Å². The lowest BCUT2D eigenvalue weighted by atomic mass is 9.79. The van der Waals surface area contributed by atoms with E-state index in [1.54, 1.807) is 6.08 Å². The fourth-order valence-electron chi connectivity index (χ4n) is 6.78. The van der Waals surface area contributed by atoms with Gasteiger partial charge in [-0.1, -0.05) is 44.9 Å². The molecule has 3 aromatic rings. The molecule has 3 fully saturated rings. The first-order valence-corrected chi connectivity index (χ1v) is 17.2. The first-order chi connectivity index (χ1) is 20.5. The average Bonchev–Trinajstić information content (AvgIpc) is 3.76. The van der Waals surface area contributed by atoms with E-state index in [0.717, 1.165) is 18.8 Å². The van der Waals surface area contributed by atoms with Crippen LogP contribution in [0.4, 0.5) is 5.82 Å². The van der Waals surface area contributed by atoms with Crippen LogP contribution in [-0.4, -0.2) is 21.5 Å². The van der Waals surface area contributed by atoms with Gasteiger partial charge in [0.05, 0.1) is 9.88 Å². The predicted octanol–water partition coefficient (Wildman–Crippen LogP) is 10.4. The SMILES string of the molecule is C=C(C1CCCCC1)N(CC1CCC(c2ccc(CC)c(C)n2)CC1)c1cc(-c2cnc(C3CC3)s2)ccn1.C=CC. The Labute approximate surface area is 258 Å². The number of hydrogen-bond donors (Lipinski definition) is 0. The number of allylic oxidation sites excluding steroid dienone is 2. The summed E-state index contributed by atoms with van der Waals surface area (Å²) in [5.41, 5.74) is 6.42. The lowest BCUT2D eigenvalue weighted by Gasteiger charge is -2.37. The van der Waals surface area contributed by atoms with Crippen molar-refractivity contribution in [2.75, 3.05) is 11.4 Å². The van der Waals surface area contributed by atoms with Gasteiger partial charge in [0.15, 0.2) is 0 Å². The highest BCUT2D eigenvalue weighted by Gasteiger charge is 2.30. The molecule has 0 unspecified atom stereocenters. The fourth-order valence-corrected chi connectivity index (χ4v) is 7.87. The van der Waals surface area contributed by atoms with Crippen molar-refractivity contribution < 1.29 is 0 Å². The third kappa shape index (κ3) is 7.58. The summed E-state index contributed by atoms with van der Waals surface area (Å²) < 4.78 is 0. The second-order valence-electron chi connectivity index (χ2n) is 12.6. The molecule has 3 heterocycles. The molecule has 3 aromatic heterocycles. The quantitative estimate of drug-likeness (QED) is 0.235. The predicted molar refractivity (Wildman–Crippen MR) is 179 cm³/mol. The van der Waals surface area contributed by atoms with Crippen LogP contribution in [0.3, 0.4) is 0 Å². The Morgan fingerprint density at radius 2 is 1.69 bits per heavy atom. The van der Waals surface area contributed by atoms with Gasteiger partial charge < -0.3 is 4.90 Å². The number of anilines is 1. The minimum atomic E-state index is 0.578. The highest BCUT2D eigenvalue weighted by Crippen LogP contribution is 2.44. The topological polar surface area (TPSA) is 41.9 Å². The molecule has 0 radical (unpaired) electrons. The van der Waals surface area contributed by atoms with E-state index in [0.29, 0.717) is 23.7 Å². The zero-order chi connectivity index (χ0) is 29.5. The van der Waals surface area contributed by atoms with E-state index in [4.69, 9.17) is 21.5 Å². The molecule has 0 amide bonds. The molecule has 3 aliphatic carbocycles. The lowest BCUT2D eigenvalue weighted by molar-refractivity contribution is 0.320. The van der Waals surface area contributed by atoms with E-state index in [1.165, 1.54) is 109 Å². The summed E-state index contributed by atoms with van der Waals surface area (Å²) in [6.45, 7) is 15.4. The number of thiazole rings is 1. The number of aromatic nitrogens is 3. The van der Waals surface area contributed by atoms with E-state index >= 15 is 0 Å². The van der Waals surface area contributed by atoms with Gasteiger partial charge in [-0.25, -0.2) is 9.97 Å². The molecular weight excluding hydrogens is 533 g/mol. The Balaban J connectivity index is 0.00000113. The van der Waals surface area contributed by atoms with Crippen LogP contribution in [0, 0.1) is 18.8 Å². The molecular formula is C37H50N4S. The highest BCUT2D eigenvalue weighted by atomic mass is 32.1. The van der Waals surface area contributed by atoms with Crippen molar-refractivity contribution in [1.82, 2.24) is 15.0 Å². The third-order valence-corrected chi connectivity index (χ3v) is 10.7. The molecule has 0 N–H and O–H groups in total. The minimum absolute atomic E-state index is 0.578. The van der Waals surface area contributed by atoms with Gasteiger partial charge in [0.2, 0.25) is 0 Å². The number of rotatable bonds is 9. The maximum Gasteiger partial charge on any atom is 0.133 e. The van der Waals surface area contributed by atoms with E-state index in [9.17, 15) is 0 Å². The van der Waals surface area contributed by atoms with Gasteiger partial charge >= 0.3 is 0 Å². The Morgan fingerprint density at radius 3 is 2.36 bits per heavy atom. The van der Waals surface area contributed by atoms with Crippen LogP contribution in [0.25, 0.3) is 10.4 Å². The summed E-state index contributed by atoms with van der Waals surface area (Å²) in [6.07, 6.45) is 21.0. The Bertz CT molecular complexity index is 1330. The van der Waals surface area contributed by atoms with Crippen molar-refractivity contribution in [2.24, 2.45) is 11.8 Å². The summed E-state index contributed by atoms with van der Waals surface area (Å²) in [5.74, 6) is 3.60. The zero-order valence-corrected chi connectivity index (χ0v) is 27.0. The van der Waals surface area contributed by atoms with Gasteiger partial charge in [-0.3, -0.25) is 4.98 Å². The smallest absolute Gasteiger partial charge is 0.133 e. The Kier molecular flexibility index (Phi) is 10.7. The molecule has 0 saturated heterocycles. The zero-order valence-electron chi connectivity index (χ0n) is 26.2. The largest absolute Gasteiger partial charge is 0.330 e. The maximum atomic E-state index is 5.01. The number of hydrogen-bond acceptors (Lipinski definition) is 5. The second-order valence-corrected chi connectivity index (χ2v) is 13.7. The van der Waals surface area contributed by atoms with Gasteiger partial charge in [-0.2, -0.15) is 0 Å². The van der Waals surface area contributed by atoms with Crippen LogP contribution in [-0.2, 0) is 6.42 Å². The Hall–Kier alpha value is -2.79. The first-order valence-electron chi connectivity index (χ1n) is 16.4. The molecule has 0 aliphatic heterocycles. The number of nitrogens with zero attached hydrogens (tertiary/aromatic N) is 4. The van der Waals surface area contributed by atoms with Gasteiger partial charge in [-0.15, -0.1) is 17.9 Å². The summed E-state index contributed by atoms with van der Waals surface area (Å²) in [4.78, 5) is 18.4. The number of aryl methyl sites for hydroxylation is 2. The third-order valence-electron chi connectivity index (χ3n) is 9.48. The Morgan fingerprint density at radius 1 is 0.976 bits per heavy atom. The van der Waals surface area contributed by atoms with Crippen molar-refractivity contribution in [1.29, 1.82) is 0 Å². The molecule has 6 rings (SSSR count). The van der Waals surface area contributed by atoms with Crippen LogP contribution < -0.4 is 4.90 Å². The van der Waals surface area contributed by atoms with E-state index < -0.39 is 0 Å². The molecule has 4 nitrogen and oxygen atoms in total. The average molecular weight is 583 g/mol. The summed E-state index contributed by atoms with van der Waals surface area (Å²) in [6, 6.07) is 9.04. The molecule has 3 aliphatic rings. The molecule has 224 valence electrons. The molecule has 0 atom stereocenters. The molecule has 5 heteroatoms. The van der Waals surface area contributed by atoms with Crippen molar-refractivity contribution in [3.63, 3.8) is 0 Å². The molecule has 0 aromatic carbocycles. The maximum absolute atomic E-state index is 5.01. The van der Waals surface area contributed by atoms with Gasteiger partial charge in [0, 0.05) is 47.9 Å². The van der Waals surface area contributed by atoms with Crippen LogP contribution in [0.1, 0.15) is 118 Å². The van der Waals surface area contributed by atoms with Crippen LogP contribution >= 0.6 is 11.3 Å². The molecule has 42 heavy (non-hydrogen) atoms. The van der Waals surface area contributed by atoms with Gasteiger partial charge in [0.1, 0.15) is 5.82 Å². The number of pyridine rings is 2. The standard InChI is InChI=1S/C34H44N4S.C3H6/c1-4-26-16-17-31(37-23(26)2)28-12-10-25(11-13-28)22-38(24(3)27-8-6-5-7-9-27)33-20-30(18-19-35-33)32-21-36-34(39-32)29-14-15-29;1-3-2/h16-21,25,27-29H,3-15,22H2,1-2H3;3H,1H2,2H3. The van der Waals surface area contributed by atoms with Crippen molar-refractivity contribution in [3.8, 4) is 10.4 Å². The summed E-state index contributed by atoms with van der Waals surface area (Å²) >= 11 is 1.86. The summed E-state index contributed by atoms with van der Waals surface area (Å²) in [5, 5.41) is 1.30. The first kappa shape index (κ1) is 30.7. The molecule has 0 bridgehead atoms. The van der Waals surface area contributed by atoms with Crippen molar-refractivity contribution in [3.05, 3.63) is 83.5 Å². The van der Waals surface area contributed by atoms with Crippen molar-refractivity contribution in [2.45, 2.75) is 110 Å². The van der Waals surface area contributed by atoms with Gasteiger partial charge in [-0.05, 0) is 113 Å². The van der Waals surface area contributed by atoms with Gasteiger partial charge in [0.25, 0.3) is 0 Å². The monoisotopic (exact) mass is 582 g/mol. The molecule has 3 saturated carbocycles. The summed E-state index contributed by atoms with van der Waals surface area (Å²) in [7, 11) is 0. The van der Waals surface area contributed by atoms with E-state index in [1.807, 2.05) is 24.5 Å². The second kappa shape index (κ2) is 14.6. The van der Waals surface area contributed by atoms with Crippen molar-refractivity contribution >= 4 is 17.2 Å². The highest BCUT2D eigenvalue weighted by molar-refractivity contribution is 7.15. The van der Waals surface area contributed by atoms with E-state index in [-0.39, 0.29) is 0 Å². The lowest BCUT2D eigenvalue weighted by Crippen LogP contribution is -2.34.